The number of methoxy groups -OCH3 is 2. The van der Waals surface area contributed by atoms with Crippen molar-refractivity contribution in [2.75, 3.05) is 14.2 Å². The molecule has 0 amide bonds. The molecule has 0 saturated heterocycles. The van der Waals surface area contributed by atoms with Gasteiger partial charge >= 0.3 is 0 Å². The molecule has 1 aromatic carbocycles. The van der Waals surface area contributed by atoms with Crippen LogP contribution in [0.15, 0.2) is 18.2 Å². The van der Waals surface area contributed by atoms with E-state index >= 15 is 0 Å². The number of hydrogen-bond donors (Lipinski definition) is 1. The first-order valence-electron chi connectivity index (χ1n) is 5.81. The summed E-state index contributed by atoms with van der Waals surface area (Å²) in [6.45, 7) is 6.01. The van der Waals surface area contributed by atoms with Crippen LogP contribution in [-0.4, -0.2) is 25.4 Å². The lowest BCUT2D eigenvalue weighted by Crippen LogP contribution is -2.23. The number of ether oxygens (including phenoxy) is 2. The predicted molar refractivity (Wildman–Crippen MR) is 68.9 cm³/mol. The lowest BCUT2D eigenvalue weighted by molar-refractivity contribution is 0.156. The van der Waals surface area contributed by atoms with Gasteiger partial charge in [-0.25, -0.2) is 0 Å². The summed E-state index contributed by atoms with van der Waals surface area (Å²) in [6.07, 6.45) is 0.354. The van der Waals surface area contributed by atoms with Crippen molar-refractivity contribution < 1.29 is 14.6 Å². The molecule has 1 N–H and O–H groups in total. The number of aliphatic hydroxyl groups excluding tert-OH is 1. The van der Waals surface area contributed by atoms with Crippen molar-refractivity contribution in [3.05, 3.63) is 23.8 Å². The maximum absolute atomic E-state index is 9.55. The summed E-state index contributed by atoms with van der Waals surface area (Å²) in [4.78, 5) is 0. The Kier molecular flexibility index (Phi) is 4.40. The van der Waals surface area contributed by atoms with Crippen molar-refractivity contribution in [1.29, 1.82) is 0 Å². The fraction of sp³-hybridized carbons (Fsp3) is 0.571. The second kappa shape index (κ2) is 5.41. The number of aliphatic hydroxyl groups is 1. The molecule has 0 fully saturated rings. The van der Waals surface area contributed by atoms with E-state index in [9.17, 15) is 5.11 Å². The monoisotopic (exact) mass is 238 g/mol. The first kappa shape index (κ1) is 13.8. The Morgan fingerprint density at radius 1 is 1.24 bits per heavy atom. The lowest BCUT2D eigenvalue weighted by atomic mass is 9.79. The SMILES string of the molecule is COc1ccc(C(C)(C)CC(C)O)c(OC)c1. The van der Waals surface area contributed by atoms with Crippen LogP contribution in [0.1, 0.15) is 32.8 Å². The maximum atomic E-state index is 9.55. The van der Waals surface area contributed by atoms with E-state index in [0.717, 1.165) is 17.1 Å². The van der Waals surface area contributed by atoms with Gasteiger partial charge in [0.15, 0.2) is 0 Å². The lowest BCUT2D eigenvalue weighted by Gasteiger charge is -2.28. The minimum atomic E-state index is -0.336. The molecule has 3 heteroatoms. The van der Waals surface area contributed by atoms with Crippen molar-refractivity contribution in [1.82, 2.24) is 0 Å². The van der Waals surface area contributed by atoms with Gasteiger partial charge in [0, 0.05) is 11.6 Å². The van der Waals surface area contributed by atoms with E-state index in [1.54, 1.807) is 21.1 Å². The van der Waals surface area contributed by atoms with Crippen LogP contribution in [0.25, 0.3) is 0 Å². The summed E-state index contributed by atoms with van der Waals surface area (Å²) < 4.78 is 10.6. The summed E-state index contributed by atoms with van der Waals surface area (Å²) in [5, 5.41) is 9.55. The van der Waals surface area contributed by atoms with Crippen molar-refractivity contribution >= 4 is 0 Å². The highest BCUT2D eigenvalue weighted by molar-refractivity contribution is 5.44. The molecule has 0 spiro atoms. The van der Waals surface area contributed by atoms with E-state index in [1.165, 1.54) is 0 Å². The number of rotatable bonds is 5. The van der Waals surface area contributed by atoms with Crippen LogP contribution in [0.3, 0.4) is 0 Å². The molecule has 0 aromatic heterocycles. The summed E-state index contributed by atoms with van der Waals surface area (Å²) in [5.41, 5.74) is 0.952. The molecule has 0 aliphatic carbocycles. The smallest absolute Gasteiger partial charge is 0.126 e. The maximum Gasteiger partial charge on any atom is 0.126 e. The van der Waals surface area contributed by atoms with Gasteiger partial charge in [-0.3, -0.25) is 0 Å². The fourth-order valence-corrected chi connectivity index (χ4v) is 2.21. The van der Waals surface area contributed by atoms with Gasteiger partial charge in [-0.2, -0.15) is 0 Å². The normalized spacial score (nSPS) is 13.3. The minimum absolute atomic E-state index is 0.133. The van der Waals surface area contributed by atoms with E-state index in [0.29, 0.717) is 6.42 Å². The minimum Gasteiger partial charge on any atom is -0.497 e. The van der Waals surface area contributed by atoms with Gasteiger partial charge in [0.2, 0.25) is 0 Å². The van der Waals surface area contributed by atoms with Gasteiger partial charge < -0.3 is 14.6 Å². The predicted octanol–water partition coefficient (Wildman–Crippen LogP) is 2.75. The summed E-state index contributed by atoms with van der Waals surface area (Å²) in [7, 11) is 3.28. The number of hydrogen-bond acceptors (Lipinski definition) is 3. The van der Waals surface area contributed by atoms with Crippen molar-refractivity contribution in [3.63, 3.8) is 0 Å². The second-order valence-electron chi connectivity index (χ2n) is 5.00. The average Bonchev–Trinajstić information content (AvgIpc) is 2.26. The summed E-state index contributed by atoms with van der Waals surface area (Å²) in [5.74, 6) is 1.58. The fourth-order valence-electron chi connectivity index (χ4n) is 2.21. The first-order chi connectivity index (χ1) is 7.90. The van der Waals surface area contributed by atoms with Gasteiger partial charge in [0.1, 0.15) is 11.5 Å². The van der Waals surface area contributed by atoms with Gasteiger partial charge in [-0.1, -0.05) is 19.9 Å². The topological polar surface area (TPSA) is 38.7 Å². The Labute approximate surface area is 103 Å². The van der Waals surface area contributed by atoms with E-state index in [-0.39, 0.29) is 11.5 Å². The van der Waals surface area contributed by atoms with Crippen LogP contribution in [0.2, 0.25) is 0 Å². The Balaban J connectivity index is 3.11. The van der Waals surface area contributed by atoms with E-state index < -0.39 is 0 Å². The molecular formula is C14H22O3. The highest BCUT2D eigenvalue weighted by Crippen LogP contribution is 2.37. The summed E-state index contributed by atoms with van der Waals surface area (Å²) >= 11 is 0. The van der Waals surface area contributed by atoms with Crippen LogP contribution in [0.5, 0.6) is 11.5 Å². The second-order valence-corrected chi connectivity index (χ2v) is 5.00. The molecule has 0 saturated carbocycles. The van der Waals surface area contributed by atoms with Gasteiger partial charge in [-0.15, -0.1) is 0 Å². The quantitative estimate of drug-likeness (QED) is 0.857. The van der Waals surface area contributed by atoms with E-state index in [1.807, 2.05) is 18.2 Å². The molecule has 0 aliphatic rings. The van der Waals surface area contributed by atoms with Crippen molar-refractivity contribution in [2.45, 2.75) is 38.7 Å². The van der Waals surface area contributed by atoms with Gasteiger partial charge in [0.05, 0.1) is 20.3 Å². The molecule has 0 aliphatic heterocycles. The average molecular weight is 238 g/mol. The van der Waals surface area contributed by atoms with Crippen LogP contribution in [0, 0.1) is 0 Å². The number of benzene rings is 1. The van der Waals surface area contributed by atoms with Crippen LogP contribution >= 0.6 is 0 Å². The molecule has 3 nitrogen and oxygen atoms in total. The largest absolute Gasteiger partial charge is 0.497 e. The Bertz CT molecular complexity index is 370. The van der Waals surface area contributed by atoms with Gasteiger partial charge in [-0.05, 0) is 24.8 Å². The van der Waals surface area contributed by atoms with Gasteiger partial charge in [0.25, 0.3) is 0 Å². The zero-order chi connectivity index (χ0) is 13.1. The third-order valence-electron chi connectivity index (χ3n) is 2.94. The van der Waals surface area contributed by atoms with Crippen molar-refractivity contribution in [3.8, 4) is 11.5 Å². The molecule has 0 bridgehead atoms. The highest BCUT2D eigenvalue weighted by atomic mass is 16.5. The van der Waals surface area contributed by atoms with Crippen LogP contribution in [-0.2, 0) is 5.41 Å². The van der Waals surface area contributed by atoms with Crippen molar-refractivity contribution in [2.24, 2.45) is 0 Å². The molecule has 1 unspecified atom stereocenters. The van der Waals surface area contributed by atoms with Crippen LogP contribution < -0.4 is 9.47 Å². The van der Waals surface area contributed by atoms with E-state index in [2.05, 4.69) is 13.8 Å². The Morgan fingerprint density at radius 2 is 1.88 bits per heavy atom. The molecule has 0 heterocycles. The first-order valence-corrected chi connectivity index (χ1v) is 5.81. The zero-order valence-corrected chi connectivity index (χ0v) is 11.3. The summed E-state index contributed by atoms with van der Waals surface area (Å²) in [6, 6.07) is 5.79. The van der Waals surface area contributed by atoms with E-state index in [4.69, 9.17) is 9.47 Å². The molecule has 0 radical (unpaired) electrons. The molecule has 1 atom stereocenters. The third-order valence-corrected chi connectivity index (χ3v) is 2.94. The molecule has 1 rings (SSSR count). The Morgan fingerprint density at radius 3 is 2.35 bits per heavy atom. The third kappa shape index (κ3) is 3.37. The molecular weight excluding hydrogens is 216 g/mol. The molecule has 96 valence electrons. The van der Waals surface area contributed by atoms with Crippen LogP contribution in [0.4, 0.5) is 0 Å². The zero-order valence-electron chi connectivity index (χ0n) is 11.3. The standard InChI is InChI=1S/C14H22O3/c1-10(15)9-14(2,3)12-7-6-11(16-4)8-13(12)17-5/h6-8,10,15H,9H2,1-5H3. The Hall–Kier alpha value is -1.22. The molecule has 1 aromatic rings. The highest BCUT2D eigenvalue weighted by Gasteiger charge is 2.26. The molecule has 17 heavy (non-hydrogen) atoms.